The van der Waals surface area contributed by atoms with E-state index in [1.807, 2.05) is 36.4 Å². The molecule has 0 unspecified atom stereocenters. The van der Waals surface area contributed by atoms with E-state index in [0.29, 0.717) is 6.54 Å². The molecular formula is C14H14BrNO. The first-order valence-corrected chi connectivity index (χ1v) is 6.17. The first-order valence-electron chi connectivity index (χ1n) is 5.37. The molecule has 2 aromatic carbocycles. The van der Waals surface area contributed by atoms with Crippen molar-refractivity contribution in [2.45, 2.75) is 6.54 Å². The topological polar surface area (TPSA) is 35.2 Å². The number of hydrogen-bond donors (Lipinski definition) is 1. The zero-order valence-corrected chi connectivity index (χ0v) is 11.2. The molecule has 0 saturated carbocycles. The molecule has 0 spiro atoms. The number of benzene rings is 2. The van der Waals surface area contributed by atoms with Crippen molar-refractivity contribution < 1.29 is 4.74 Å². The van der Waals surface area contributed by atoms with Crippen molar-refractivity contribution in [2.24, 2.45) is 5.73 Å². The van der Waals surface area contributed by atoms with Crippen LogP contribution in [0.2, 0.25) is 0 Å². The third-order valence-corrected chi connectivity index (χ3v) is 3.36. The van der Waals surface area contributed by atoms with Gasteiger partial charge in [-0.15, -0.1) is 0 Å². The Hall–Kier alpha value is -1.32. The number of halogens is 1. The van der Waals surface area contributed by atoms with Gasteiger partial charge in [0.1, 0.15) is 5.75 Å². The standard InChI is InChI=1S/C14H14BrNO/c1-17-12-5-3-11(4-6-12)13-8-10(9-16)2-7-14(13)15/h2-8H,9,16H2,1H3. The van der Waals surface area contributed by atoms with Gasteiger partial charge in [0.15, 0.2) is 0 Å². The quantitative estimate of drug-likeness (QED) is 0.938. The summed E-state index contributed by atoms with van der Waals surface area (Å²) in [5.74, 6) is 0.861. The van der Waals surface area contributed by atoms with Crippen molar-refractivity contribution in [3.05, 3.63) is 52.5 Å². The van der Waals surface area contributed by atoms with Gasteiger partial charge in [-0.3, -0.25) is 0 Å². The predicted octanol–water partition coefficient (Wildman–Crippen LogP) is 3.58. The lowest BCUT2D eigenvalue weighted by Gasteiger charge is -2.08. The van der Waals surface area contributed by atoms with E-state index in [0.717, 1.165) is 26.9 Å². The molecule has 2 rings (SSSR count). The SMILES string of the molecule is COc1ccc(-c2cc(CN)ccc2Br)cc1. The van der Waals surface area contributed by atoms with Crippen LogP contribution < -0.4 is 10.5 Å². The molecule has 0 radical (unpaired) electrons. The molecule has 0 bridgehead atoms. The van der Waals surface area contributed by atoms with Crippen molar-refractivity contribution in [2.75, 3.05) is 7.11 Å². The minimum atomic E-state index is 0.552. The van der Waals surface area contributed by atoms with E-state index >= 15 is 0 Å². The fourth-order valence-electron chi connectivity index (χ4n) is 1.69. The summed E-state index contributed by atoms with van der Waals surface area (Å²) in [5.41, 5.74) is 9.08. The van der Waals surface area contributed by atoms with Gasteiger partial charge in [0.2, 0.25) is 0 Å². The summed E-state index contributed by atoms with van der Waals surface area (Å²) in [6.07, 6.45) is 0. The maximum Gasteiger partial charge on any atom is 0.118 e. The summed E-state index contributed by atoms with van der Waals surface area (Å²) in [7, 11) is 1.67. The third-order valence-electron chi connectivity index (χ3n) is 2.67. The van der Waals surface area contributed by atoms with E-state index in [2.05, 4.69) is 22.0 Å². The van der Waals surface area contributed by atoms with Crippen LogP contribution in [0.5, 0.6) is 5.75 Å². The minimum absolute atomic E-state index is 0.552. The van der Waals surface area contributed by atoms with Gasteiger partial charge in [-0.05, 0) is 41.0 Å². The zero-order valence-electron chi connectivity index (χ0n) is 9.61. The predicted molar refractivity (Wildman–Crippen MR) is 74.0 cm³/mol. The van der Waals surface area contributed by atoms with Crippen LogP contribution in [0.4, 0.5) is 0 Å². The van der Waals surface area contributed by atoms with Gasteiger partial charge in [0.25, 0.3) is 0 Å². The molecule has 0 aliphatic carbocycles. The molecule has 0 aromatic heterocycles. The van der Waals surface area contributed by atoms with Crippen LogP contribution in [0.1, 0.15) is 5.56 Å². The lowest BCUT2D eigenvalue weighted by molar-refractivity contribution is 0.415. The molecule has 0 atom stereocenters. The van der Waals surface area contributed by atoms with Crippen molar-refractivity contribution in [3.8, 4) is 16.9 Å². The molecule has 0 saturated heterocycles. The summed E-state index contributed by atoms with van der Waals surface area (Å²) in [5, 5.41) is 0. The molecule has 88 valence electrons. The average Bonchev–Trinajstić information content (AvgIpc) is 2.39. The molecule has 17 heavy (non-hydrogen) atoms. The number of nitrogens with two attached hydrogens (primary N) is 1. The van der Waals surface area contributed by atoms with Gasteiger partial charge in [0, 0.05) is 11.0 Å². The summed E-state index contributed by atoms with van der Waals surface area (Å²) in [6.45, 7) is 0.552. The monoisotopic (exact) mass is 291 g/mol. The molecule has 0 heterocycles. The molecule has 3 heteroatoms. The Bertz CT molecular complexity index is 508. The largest absolute Gasteiger partial charge is 0.497 e. The number of ether oxygens (including phenoxy) is 1. The van der Waals surface area contributed by atoms with E-state index in [-0.39, 0.29) is 0 Å². The lowest BCUT2D eigenvalue weighted by atomic mass is 10.0. The molecule has 0 aliphatic heterocycles. The Kier molecular flexibility index (Phi) is 3.82. The molecule has 2 N–H and O–H groups in total. The maximum absolute atomic E-state index is 5.66. The number of hydrogen-bond acceptors (Lipinski definition) is 2. The number of methoxy groups -OCH3 is 1. The van der Waals surface area contributed by atoms with Crippen LogP contribution in [0.15, 0.2) is 46.9 Å². The van der Waals surface area contributed by atoms with Crippen molar-refractivity contribution >= 4 is 15.9 Å². The second kappa shape index (κ2) is 5.34. The molecule has 0 amide bonds. The van der Waals surface area contributed by atoms with Gasteiger partial charge in [-0.2, -0.15) is 0 Å². The highest BCUT2D eigenvalue weighted by Gasteiger charge is 2.04. The van der Waals surface area contributed by atoms with Crippen LogP contribution in [-0.4, -0.2) is 7.11 Å². The smallest absolute Gasteiger partial charge is 0.118 e. The van der Waals surface area contributed by atoms with E-state index in [4.69, 9.17) is 10.5 Å². The Morgan fingerprint density at radius 3 is 2.41 bits per heavy atom. The summed E-state index contributed by atoms with van der Waals surface area (Å²) in [6, 6.07) is 14.1. The van der Waals surface area contributed by atoms with Gasteiger partial charge < -0.3 is 10.5 Å². The highest BCUT2D eigenvalue weighted by atomic mass is 79.9. The highest BCUT2D eigenvalue weighted by molar-refractivity contribution is 9.10. The second-order valence-corrected chi connectivity index (χ2v) is 4.60. The first kappa shape index (κ1) is 12.1. The fraction of sp³-hybridized carbons (Fsp3) is 0.143. The molecule has 0 fully saturated rings. The highest BCUT2D eigenvalue weighted by Crippen LogP contribution is 2.30. The Morgan fingerprint density at radius 1 is 1.12 bits per heavy atom. The third kappa shape index (κ3) is 2.68. The summed E-state index contributed by atoms with van der Waals surface area (Å²) >= 11 is 3.56. The first-order chi connectivity index (χ1) is 8.24. The van der Waals surface area contributed by atoms with Crippen LogP contribution >= 0.6 is 15.9 Å². The van der Waals surface area contributed by atoms with Crippen molar-refractivity contribution in [1.82, 2.24) is 0 Å². The van der Waals surface area contributed by atoms with Gasteiger partial charge in [0.05, 0.1) is 7.11 Å². The van der Waals surface area contributed by atoms with Crippen LogP contribution in [0.25, 0.3) is 11.1 Å². The van der Waals surface area contributed by atoms with Gasteiger partial charge >= 0.3 is 0 Å². The molecular weight excluding hydrogens is 278 g/mol. The lowest BCUT2D eigenvalue weighted by Crippen LogP contribution is -1.96. The summed E-state index contributed by atoms with van der Waals surface area (Å²) < 4.78 is 6.22. The Balaban J connectivity index is 2.43. The zero-order chi connectivity index (χ0) is 12.3. The molecule has 2 nitrogen and oxygen atoms in total. The Labute approximate surface area is 110 Å². The van der Waals surface area contributed by atoms with E-state index in [9.17, 15) is 0 Å². The fourth-order valence-corrected chi connectivity index (χ4v) is 2.17. The average molecular weight is 292 g/mol. The number of rotatable bonds is 3. The van der Waals surface area contributed by atoms with E-state index in [1.54, 1.807) is 7.11 Å². The van der Waals surface area contributed by atoms with E-state index < -0.39 is 0 Å². The molecule has 2 aromatic rings. The Morgan fingerprint density at radius 2 is 1.82 bits per heavy atom. The van der Waals surface area contributed by atoms with Crippen LogP contribution in [0.3, 0.4) is 0 Å². The van der Waals surface area contributed by atoms with Crippen molar-refractivity contribution in [3.63, 3.8) is 0 Å². The van der Waals surface area contributed by atoms with Gasteiger partial charge in [-0.25, -0.2) is 0 Å². The van der Waals surface area contributed by atoms with Crippen molar-refractivity contribution in [1.29, 1.82) is 0 Å². The maximum atomic E-state index is 5.66. The van der Waals surface area contributed by atoms with Crippen LogP contribution in [-0.2, 0) is 6.54 Å². The van der Waals surface area contributed by atoms with Crippen LogP contribution in [0, 0.1) is 0 Å². The molecule has 0 aliphatic rings. The minimum Gasteiger partial charge on any atom is -0.497 e. The normalized spacial score (nSPS) is 10.3. The summed E-state index contributed by atoms with van der Waals surface area (Å²) in [4.78, 5) is 0. The van der Waals surface area contributed by atoms with Gasteiger partial charge in [-0.1, -0.05) is 34.1 Å². The van der Waals surface area contributed by atoms with E-state index in [1.165, 1.54) is 0 Å². The second-order valence-electron chi connectivity index (χ2n) is 3.75.